The highest BCUT2D eigenvalue weighted by molar-refractivity contribution is 6.26. The molecule has 7 heteroatoms. The maximum absolute atomic E-state index is 13.0. The number of anilines is 1. The van der Waals surface area contributed by atoms with E-state index >= 15 is 0 Å². The van der Waals surface area contributed by atoms with Crippen LogP contribution in [0.15, 0.2) is 30.3 Å². The normalized spacial score (nSPS) is 13.7. The monoisotopic (exact) mass is 369 g/mol. The highest BCUT2D eigenvalue weighted by Crippen LogP contribution is 2.35. The summed E-state index contributed by atoms with van der Waals surface area (Å²) in [6.07, 6.45) is 0. The van der Waals surface area contributed by atoms with E-state index in [-0.39, 0.29) is 11.8 Å². The Labute approximate surface area is 159 Å². The van der Waals surface area contributed by atoms with Crippen LogP contribution in [0.1, 0.15) is 20.7 Å². The maximum Gasteiger partial charge on any atom is 0.261 e. The van der Waals surface area contributed by atoms with E-state index in [0.29, 0.717) is 50.4 Å². The van der Waals surface area contributed by atoms with Gasteiger partial charge in [-0.2, -0.15) is 0 Å². The van der Waals surface area contributed by atoms with Gasteiger partial charge in [-0.3, -0.25) is 19.4 Å². The van der Waals surface area contributed by atoms with Gasteiger partial charge in [-0.25, -0.2) is 0 Å². The molecule has 1 aliphatic heterocycles. The molecule has 1 aliphatic rings. The fraction of sp³-hybridized carbons (Fsp3) is 0.400. The van der Waals surface area contributed by atoms with Crippen molar-refractivity contribution in [1.82, 2.24) is 9.80 Å². The van der Waals surface area contributed by atoms with Crippen LogP contribution in [0.5, 0.6) is 0 Å². The summed E-state index contributed by atoms with van der Waals surface area (Å²) in [7, 11) is 3.90. The van der Waals surface area contributed by atoms with Crippen molar-refractivity contribution in [2.45, 2.75) is 0 Å². The minimum atomic E-state index is -0.241. The number of rotatable bonds is 8. The van der Waals surface area contributed by atoms with Gasteiger partial charge in [-0.15, -0.1) is 0 Å². The van der Waals surface area contributed by atoms with E-state index in [1.54, 1.807) is 6.07 Å². The van der Waals surface area contributed by atoms with Crippen molar-refractivity contribution in [2.75, 3.05) is 58.3 Å². The number of imide groups is 1. The summed E-state index contributed by atoms with van der Waals surface area (Å²) in [6, 6.07) is 9.38. The second-order valence-corrected chi connectivity index (χ2v) is 6.94. The lowest BCUT2D eigenvalue weighted by Gasteiger charge is -2.30. The molecule has 2 aromatic rings. The summed E-state index contributed by atoms with van der Waals surface area (Å²) < 4.78 is 0. The Bertz CT molecular complexity index is 837. The predicted octanol–water partition coefficient (Wildman–Crippen LogP) is 0.721. The van der Waals surface area contributed by atoms with Crippen LogP contribution in [0, 0.1) is 0 Å². The van der Waals surface area contributed by atoms with E-state index in [4.69, 9.17) is 11.5 Å². The van der Waals surface area contributed by atoms with Gasteiger partial charge in [0, 0.05) is 81.0 Å². The Balaban J connectivity index is 1.95. The minimum Gasteiger partial charge on any atom is -0.377 e. The van der Waals surface area contributed by atoms with Crippen molar-refractivity contribution in [1.29, 1.82) is 0 Å². The quantitative estimate of drug-likeness (QED) is 0.666. The molecule has 2 amide bonds. The van der Waals surface area contributed by atoms with Crippen LogP contribution in [0.25, 0.3) is 10.8 Å². The van der Waals surface area contributed by atoms with Crippen molar-refractivity contribution in [3.8, 4) is 0 Å². The van der Waals surface area contributed by atoms with Crippen LogP contribution in [0.3, 0.4) is 0 Å². The van der Waals surface area contributed by atoms with Gasteiger partial charge in [0.25, 0.3) is 11.8 Å². The summed E-state index contributed by atoms with van der Waals surface area (Å²) >= 11 is 0. The van der Waals surface area contributed by atoms with E-state index in [9.17, 15) is 9.59 Å². The van der Waals surface area contributed by atoms with Crippen molar-refractivity contribution in [3.63, 3.8) is 0 Å². The zero-order valence-corrected chi connectivity index (χ0v) is 15.9. The molecule has 7 nitrogen and oxygen atoms in total. The van der Waals surface area contributed by atoms with Gasteiger partial charge in [0.1, 0.15) is 0 Å². The van der Waals surface area contributed by atoms with Crippen LogP contribution >= 0.6 is 0 Å². The van der Waals surface area contributed by atoms with Gasteiger partial charge in [0.2, 0.25) is 0 Å². The van der Waals surface area contributed by atoms with Gasteiger partial charge in [-0.05, 0) is 18.2 Å². The summed E-state index contributed by atoms with van der Waals surface area (Å²) in [5.74, 6) is -0.482. The number of benzene rings is 2. The molecule has 2 aromatic carbocycles. The van der Waals surface area contributed by atoms with E-state index in [1.165, 1.54) is 4.90 Å². The fourth-order valence-electron chi connectivity index (χ4n) is 3.67. The molecule has 144 valence electrons. The Morgan fingerprint density at radius 1 is 0.889 bits per heavy atom. The lowest BCUT2D eigenvalue weighted by Crippen LogP contribution is -2.46. The highest BCUT2D eigenvalue weighted by atomic mass is 16.2. The van der Waals surface area contributed by atoms with Crippen LogP contribution in [-0.4, -0.2) is 75.0 Å². The molecule has 0 aromatic heterocycles. The summed E-state index contributed by atoms with van der Waals surface area (Å²) in [5.41, 5.74) is 13.4. The largest absolute Gasteiger partial charge is 0.377 e. The molecule has 0 saturated heterocycles. The number of amides is 2. The average molecular weight is 369 g/mol. The third-order valence-electron chi connectivity index (χ3n) is 4.98. The van der Waals surface area contributed by atoms with Gasteiger partial charge >= 0.3 is 0 Å². The number of nitrogens with two attached hydrogens (primary N) is 2. The maximum atomic E-state index is 13.0. The van der Waals surface area contributed by atoms with E-state index < -0.39 is 0 Å². The zero-order chi connectivity index (χ0) is 19.6. The van der Waals surface area contributed by atoms with Crippen molar-refractivity contribution in [2.24, 2.45) is 11.5 Å². The SMILES string of the molecule is CN(C)c1ccc2c3c(cccc13)C(=O)N(CCN(CCN)CCN)C2=O. The fourth-order valence-corrected chi connectivity index (χ4v) is 3.67. The molecule has 0 fully saturated rings. The standard InChI is InChI=1S/C20H27N5O2/c1-23(2)17-7-6-16-18-14(17)4-3-5-15(18)19(26)25(20(16)27)13-12-24(10-8-21)11-9-22/h3-7H,8-13,21-22H2,1-2H3. The molecule has 3 rings (SSSR count). The molecule has 27 heavy (non-hydrogen) atoms. The summed E-state index contributed by atoms with van der Waals surface area (Å²) in [6.45, 7) is 3.28. The second-order valence-electron chi connectivity index (χ2n) is 6.94. The zero-order valence-electron chi connectivity index (χ0n) is 15.9. The summed E-state index contributed by atoms with van der Waals surface area (Å²) in [5, 5.41) is 1.67. The predicted molar refractivity (Wildman–Crippen MR) is 108 cm³/mol. The van der Waals surface area contributed by atoms with Crippen molar-refractivity contribution in [3.05, 3.63) is 41.5 Å². The molecular formula is C20H27N5O2. The lowest BCUT2D eigenvalue weighted by atomic mass is 9.93. The topological polar surface area (TPSA) is 95.9 Å². The average Bonchev–Trinajstić information content (AvgIpc) is 2.65. The third kappa shape index (κ3) is 3.53. The van der Waals surface area contributed by atoms with Gasteiger partial charge in [0.15, 0.2) is 0 Å². The van der Waals surface area contributed by atoms with Crippen molar-refractivity contribution >= 4 is 28.3 Å². The molecule has 0 unspecified atom stereocenters. The van der Waals surface area contributed by atoms with Crippen LogP contribution < -0.4 is 16.4 Å². The Kier molecular flexibility index (Phi) is 5.74. The molecule has 4 N–H and O–H groups in total. The first-order chi connectivity index (χ1) is 13.0. The first kappa shape index (κ1) is 19.3. The van der Waals surface area contributed by atoms with Crippen LogP contribution in [0.2, 0.25) is 0 Å². The molecule has 0 aliphatic carbocycles. The molecule has 1 heterocycles. The van der Waals surface area contributed by atoms with E-state index in [2.05, 4.69) is 4.90 Å². The second kappa shape index (κ2) is 8.04. The van der Waals surface area contributed by atoms with Crippen LogP contribution in [0.4, 0.5) is 5.69 Å². The first-order valence-corrected chi connectivity index (χ1v) is 9.21. The van der Waals surface area contributed by atoms with E-state index in [1.807, 2.05) is 43.3 Å². The Hall–Kier alpha value is -2.48. The number of carbonyl (C=O) groups is 2. The molecule has 0 atom stereocenters. The lowest BCUT2D eigenvalue weighted by molar-refractivity contribution is 0.0594. The number of hydrogen-bond acceptors (Lipinski definition) is 6. The smallest absolute Gasteiger partial charge is 0.261 e. The number of nitrogens with zero attached hydrogens (tertiary/aromatic N) is 3. The first-order valence-electron chi connectivity index (χ1n) is 9.21. The Morgan fingerprint density at radius 2 is 1.52 bits per heavy atom. The van der Waals surface area contributed by atoms with Gasteiger partial charge in [0.05, 0.1) is 0 Å². The summed E-state index contributed by atoms with van der Waals surface area (Å²) in [4.78, 5) is 31.5. The molecular weight excluding hydrogens is 342 g/mol. The third-order valence-corrected chi connectivity index (χ3v) is 4.98. The minimum absolute atomic E-state index is 0.241. The highest BCUT2D eigenvalue weighted by Gasteiger charge is 2.33. The molecule has 0 saturated carbocycles. The molecule has 0 spiro atoms. The van der Waals surface area contributed by atoms with Crippen LogP contribution in [-0.2, 0) is 0 Å². The molecule has 0 radical (unpaired) electrons. The molecule has 0 bridgehead atoms. The van der Waals surface area contributed by atoms with Crippen molar-refractivity contribution < 1.29 is 9.59 Å². The number of hydrogen-bond donors (Lipinski definition) is 2. The van der Waals surface area contributed by atoms with E-state index in [0.717, 1.165) is 16.5 Å². The Morgan fingerprint density at radius 3 is 2.11 bits per heavy atom. The van der Waals surface area contributed by atoms with Gasteiger partial charge in [-0.1, -0.05) is 12.1 Å². The van der Waals surface area contributed by atoms with Gasteiger partial charge < -0.3 is 16.4 Å². The number of carbonyl (C=O) groups excluding carboxylic acids is 2.